The summed E-state index contributed by atoms with van der Waals surface area (Å²) >= 11 is 0. The third-order valence-electron chi connectivity index (χ3n) is 3.06. The summed E-state index contributed by atoms with van der Waals surface area (Å²) < 4.78 is 12.9. The first-order chi connectivity index (χ1) is 9.74. The molecule has 5 heteroatoms. The van der Waals surface area contributed by atoms with Crippen molar-refractivity contribution in [2.24, 2.45) is 7.05 Å². The Labute approximate surface area is 119 Å². The molecule has 2 rings (SSSR count). The fourth-order valence-corrected chi connectivity index (χ4v) is 1.98. The first kappa shape index (κ1) is 14.4. The summed E-state index contributed by atoms with van der Waals surface area (Å²) in [6, 6.07) is 5.98. The van der Waals surface area contributed by atoms with E-state index >= 15 is 0 Å². The molecule has 1 aromatic heterocycles. The molecule has 5 nitrogen and oxygen atoms in total. The highest BCUT2D eigenvalue weighted by Crippen LogP contribution is 2.27. The molecule has 1 aromatic carbocycles. The SMILES string of the molecule is CCOc1cc(CNCc2nccn2C)ccc1OC. The van der Waals surface area contributed by atoms with Gasteiger partial charge in [-0.25, -0.2) is 4.98 Å². The molecule has 0 atom stereocenters. The molecule has 0 saturated heterocycles. The minimum atomic E-state index is 0.626. The Hall–Kier alpha value is -2.01. The van der Waals surface area contributed by atoms with Gasteiger partial charge in [-0.3, -0.25) is 0 Å². The van der Waals surface area contributed by atoms with Crippen molar-refractivity contribution in [3.8, 4) is 11.5 Å². The van der Waals surface area contributed by atoms with Gasteiger partial charge < -0.3 is 19.4 Å². The number of ether oxygens (including phenoxy) is 2. The second-order valence-electron chi connectivity index (χ2n) is 4.48. The van der Waals surface area contributed by atoms with Gasteiger partial charge in [-0.05, 0) is 24.6 Å². The predicted octanol–water partition coefficient (Wildman–Crippen LogP) is 2.12. The third-order valence-corrected chi connectivity index (χ3v) is 3.06. The van der Waals surface area contributed by atoms with Gasteiger partial charge in [0, 0.05) is 26.0 Å². The maximum absolute atomic E-state index is 5.57. The molecule has 0 aliphatic rings. The lowest BCUT2D eigenvalue weighted by atomic mass is 10.2. The molecular weight excluding hydrogens is 254 g/mol. The Morgan fingerprint density at radius 2 is 2.10 bits per heavy atom. The maximum Gasteiger partial charge on any atom is 0.161 e. The minimum absolute atomic E-state index is 0.626. The highest BCUT2D eigenvalue weighted by molar-refractivity contribution is 5.42. The highest BCUT2D eigenvalue weighted by Gasteiger charge is 2.05. The van der Waals surface area contributed by atoms with Gasteiger partial charge in [0.1, 0.15) is 5.82 Å². The van der Waals surface area contributed by atoms with Gasteiger partial charge in [-0.15, -0.1) is 0 Å². The van der Waals surface area contributed by atoms with Crippen molar-refractivity contribution < 1.29 is 9.47 Å². The quantitative estimate of drug-likeness (QED) is 0.841. The van der Waals surface area contributed by atoms with Crippen LogP contribution in [0.25, 0.3) is 0 Å². The normalized spacial score (nSPS) is 10.6. The van der Waals surface area contributed by atoms with E-state index < -0.39 is 0 Å². The molecule has 0 aliphatic carbocycles. The van der Waals surface area contributed by atoms with Crippen molar-refractivity contribution in [1.29, 1.82) is 0 Å². The molecule has 0 fully saturated rings. The molecule has 0 unspecified atom stereocenters. The van der Waals surface area contributed by atoms with Crippen molar-refractivity contribution in [2.45, 2.75) is 20.0 Å². The van der Waals surface area contributed by atoms with Gasteiger partial charge in [0.25, 0.3) is 0 Å². The molecule has 1 N–H and O–H groups in total. The van der Waals surface area contributed by atoms with Gasteiger partial charge >= 0.3 is 0 Å². The molecule has 0 amide bonds. The molecule has 0 aliphatic heterocycles. The van der Waals surface area contributed by atoms with E-state index in [0.717, 1.165) is 36.0 Å². The molecule has 108 valence electrons. The number of imidazole rings is 1. The van der Waals surface area contributed by atoms with Crippen molar-refractivity contribution in [3.63, 3.8) is 0 Å². The lowest BCUT2D eigenvalue weighted by Crippen LogP contribution is -2.15. The molecule has 2 aromatic rings. The summed E-state index contributed by atoms with van der Waals surface area (Å²) in [7, 11) is 3.64. The number of hydrogen-bond donors (Lipinski definition) is 1. The van der Waals surface area contributed by atoms with Crippen LogP contribution in [0.2, 0.25) is 0 Å². The molecule has 0 saturated carbocycles. The minimum Gasteiger partial charge on any atom is -0.493 e. The number of aromatic nitrogens is 2. The van der Waals surface area contributed by atoms with Crippen LogP contribution in [-0.2, 0) is 20.1 Å². The van der Waals surface area contributed by atoms with E-state index in [9.17, 15) is 0 Å². The molecule has 20 heavy (non-hydrogen) atoms. The number of hydrogen-bond acceptors (Lipinski definition) is 4. The largest absolute Gasteiger partial charge is 0.493 e. The van der Waals surface area contributed by atoms with Gasteiger partial charge in [0.05, 0.1) is 20.3 Å². The number of aryl methyl sites for hydroxylation is 1. The average molecular weight is 275 g/mol. The zero-order valence-corrected chi connectivity index (χ0v) is 12.2. The lowest BCUT2D eigenvalue weighted by molar-refractivity contribution is 0.310. The summed E-state index contributed by atoms with van der Waals surface area (Å²) in [5, 5.41) is 3.37. The van der Waals surface area contributed by atoms with Crippen molar-refractivity contribution in [2.75, 3.05) is 13.7 Å². The van der Waals surface area contributed by atoms with Crippen LogP contribution in [0, 0.1) is 0 Å². The van der Waals surface area contributed by atoms with Crippen LogP contribution >= 0.6 is 0 Å². The highest BCUT2D eigenvalue weighted by atomic mass is 16.5. The second kappa shape index (κ2) is 6.96. The van der Waals surface area contributed by atoms with Crippen LogP contribution in [0.3, 0.4) is 0 Å². The van der Waals surface area contributed by atoms with Crippen LogP contribution in [0.5, 0.6) is 11.5 Å². The van der Waals surface area contributed by atoms with E-state index in [2.05, 4.69) is 10.3 Å². The fourth-order valence-electron chi connectivity index (χ4n) is 1.98. The van der Waals surface area contributed by atoms with Crippen molar-refractivity contribution >= 4 is 0 Å². The number of methoxy groups -OCH3 is 1. The van der Waals surface area contributed by atoms with Gasteiger partial charge in [-0.1, -0.05) is 6.07 Å². The van der Waals surface area contributed by atoms with Crippen molar-refractivity contribution in [1.82, 2.24) is 14.9 Å². The van der Waals surface area contributed by atoms with Crippen molar-refractivity contribution in [3.05, 3.63) is 42.0 Å². The zero-order valence-electron chi connectivity index (χ0n) is 12.2. The van der Waals surface area contributed by atoms with E-state index in [4.69, 9.17) is 9.47 Å². The standard InChI is InChI=1S/C15H21N3O2/c1-4-20-14-9-12(5-6-13(14)19-3)10-16-11-15-17-7-8-18(15)2/h5-9,16H,4,10-11H2,1-3H3. The first-order valence-electron chi connectivity index (χ1n) is 6.71. The van der Waals surface area contributed by atoms with E-state index in [1.165, 1.54) is 0 Å². The van der Waals surface area contributed by atoms with Crippen LogP contribution in [-0.4, -0.2) is 23.3 Å². The van der Waals surface area contributed by atoms with Gasteiger partial charge in [0.15, 0.2) is 11.5 Å². The Morgan fingerprint density at radius 1 is 1.25 bits per heavy atom. The average Bonchev–Trinajstić information content (AvgIpc) is 2.85. The zero-order chi connectivity index (χ0) is 14.4. The lowest BCUT2D eigenvalue weighted by Gasteiger charge is -2.11. The smallest absolute Gasteiger partial charge is 0.161 e. The maximum atomic E-state index is 5.57. The second-order valence-corrected chi connectivity index (χ2v) is 4.48. The Kier molecular flexibility index (Phi) is 5.01. The van der Waals surface area contributed by atoms with Gasteiger partial charge in [0.2, 0.25) is 0 Å². The van der Waals surface area contributed by atoms with E-state index in [1.54, 1.807) is 13.3 Å². The monoisotopic (exact) mass is 275 g/mol. The fraction of sp³-hybridized carbons (Fsp3) is 0.400. The summed E-state index contributed by atoms with van der Waals surface area (Å²) in [5.41, 5.74) is 1.16. The number of benzene rings is 1. The summed E-state index contributed by atoms with van der Waals surface area (Å²) in [6.45, 7) is 4.09. The van der Waals surface area contributed by atoms with E-state index in [1.807, 2.05) is 42.9 Å². The van der Waals surface area contributed by atoms with Crippen LogP contribution in [0.15, 0.2) is 30.6 Å². The topological polar surface area (TPSA) is 48.3 Å². The summed E-state index contributed by atoms with van der Waals surface area (Å²) in [6.07, 6.45) is 3.75. The molecular formula is C15H21N3O2. The molecule has 0 radical (unpaired) electrons. The Bertz CT molecular complexity index is 552. The molecule has 1 heterocycles. The van der Waals surface area contributed by atoms with Crippen LogP contribution < -0.4 is 14.8 Å². The summed E-state index contributed by atoms with van der Waals surface area (Å²) in [5.74, 6) is 2.56. The summed E-state index contributed by atoms with van der Waals surface area (Å²) in [4.78, 5) is 4.28. The molecule has 0 spiro atoms. The number of rotatable bonds is 7. The Morgan fingerprint density at radius 3 is 2.75 bits per heavy atom. The van der Waals surface area contributed by atoms with Crippen LogP contribution in [0.1, 0.15) is 18.3 Å². The van der Waals surface area contributed by atoms with E-state index in [-0.39, 0.29) is 0 Å². The first-order valence-corrected chi connectivity index (χ1v) is 6.71. The number of nitrogens with zero attached hydrogens (tertiary/aromatic N) is 2. The number of nitrogens with one attached hydrogen (secondary N) is 1. The third kappa shape index (κ3) is 3.51. The molecule has 0 bridgehead atoms. The Balaban J connectivity index is 1.95. The van der Waals surface area contributed by atoms with Crippen LogP contribution in [0.4, 0.5) is 0 Å². The van der Waals surface area contributed by atoms with E-state index in [0.29, 0.717) is 6.61 Å². The predicted molar refractivity (Wildman–Crippen MR) is 77.9 cm³/mol. The van der Waals surface area contributed by atoms with Gasteiger partial charge in [-0.2, -0.15) is 0 Å².